The van der Waals surface area contributed by atoms with Gasteiger partial charge in [0.15, 0.2) is 0 Å². The van der Waals surface area contributed by atoms with Crippen molar-refractivity contribution in [3.8, 4) is 0 Å². The number of rotatable bonds is 5. The Kier molecular flexibility index (Phi) is 3.79. The first-order valence-corrected chi connectivity index (χ1v) is 6.15. The summed E-state index contributed by atoms with van der Waals surface area (Å²) in [6.45, 7) is 2.96. The monoisotopic (exact) mass is 233 g/mol. The second-order valence-corrected chi connectivity index (χ2v) is 4.54. The van der Waals surface area contributed by atoms with Gasteiger partial charge >= 0.3 is 5.97 Å². The Morgan fingerprint density at radius 2 is 2.24 bits per heavy atom. The molecule has 0 radical (unpaired) electrons. The van der Waals surface area contributed by atoms with E-state index in [2.05, 4.69) is 12.2 Å². The van der Waals surface area contributed by atoms with Crippen molar-refractivity contribution in [3.05, 3.63) is 35.4 Å². The lowest BCUT2D eigenvalue weighted by molar-refractivity contribution is 0.0599. The molecule has 3 heteroatoms. The molecule has 1 aliphatic carbocycles. The number of hydrogen-bond donors (Lipinski definition) is 1. The van der Waals surface area contributed by atoms with Gasteiger partial charge < -0.3 is 10.1 Å². The van der Waals surface area contributed by atoms with Crippen LogP contribution in [0.25, 0.3) is 0 Å². The third-order valence-electron chi connectivity index (χ3n) is 3.42. The van der Waals surface area contributed by atoms with Crippen LogP contribution in [-0.4, -0.2) is 19.1 Å². The highest BCUT2D eigenvalue weighted by Crippen LogP contribution is 2.33. The average Bonchev–Trinajstić information content (AvgIpc) is 3.14. The number of hydrogen-bond acceptors (Lipinski definition) is 3. The highest BCUT2D eigenvalue weighted by atomic mass is 16.5. The zero-order valence-electron chi connectivity index (χ0n) is 10.4. The number of esters is 1. The van der Waals surface area contributed by atoms with Crippen molar-refractivity contribution in [1.82, 2.24) is 5.32 Å². The van der Waals surface area contributed by atoms with Crippen LogP contribution in [0.1, 0.15) is 35.7 Å². The predicted octanol–water partition coefficient (Wildman–Crippen LogP) is 2.36. The minimum atomic E-state index is -0.259. The summed E-state index contributed by atoms with van der Waals surface area (Å²) >= 11 is 0. The van der Waals surface area contributed by atoms with Gasteiger partial charge in [-0.15, -0.1) is 0 Å². The standard InChI is InChI=1S/C14H19NO2/c1-3-10-8-13(10)15-9-11-6-4-5-7-12(11)14(16)17-2/h4-7,10,13,15H,3,8-9H2,1-2H3. The van der Waals surface area contributed by atoms with E-state index in [0.29, 0.717) is 11.6 Å². The Balaban J connectivity index is 1.98. The Morgan fingerprint density at radius 3 is 2.88 bits per heavy atom. The van der Waals surface area contributed by atoms with Crippen molar-refractivity contribution < 1.29 is 9.53 Å². The SMILES string of the molecule is CCC1CC1NCc1ccccc1C(=O)OC. The molecule has 0 heterocycles. The van der Waals surface area contributed by atoms with Crippen molar-refractivity contribution in [2.75, 3.05) is 7.11 Å². The first-order chi connectivity index (χ1) is 8.26. The molecule has 0 saturated heterocycles. The fourth-order valence-corrected chi connectivity index (χ4v) is 2.17. The van der Waals surface area contributed by atoms with E-state index in [1.54, 1.807) is 0 Å². The average molecular weight is 233 g/mol. The third kappa shape index (κ3) is 2.86. The second-order valence-electron chi connectivity index (χ2n) is 4.54. The fourth-order valence-electron chi connectivity index (χ4n) is 2.17. The van der Waals surface area contributed by atoms with Gasteiger partial charge in [-0.05, 0) is 24.0 Å². The smallest absolute Gasteiger partial charge is 0.338 e. The molecule has 1 aromatic carbocycles. The van der Waals surface area contributed by atoms with Gasteiger partial charge in [-0.3, -0.25) is 0 Å². The van der Waals surface area contributed by atoms with Crippen molar-refractivity contribution in [1.29, 1.82) is 0 Å². The quantitative estimate of drug-likeness (QED) is 0.793. The van der Waals surface area contributed by atoms with Gasteiger partial charge in [0, 0.05) is 12.6 Å². The molecule has 17 heavy (non-hydrogen) atoms. The molecule has 0 amide bonds. The third-order valence-corrected chi connectivity index (χ3v) is 3.42. The van der Waals surface area contributed by atoms with Crippen LogP contribution in [0.15, 0.2) is 24.3 Å². The van der Waals surface area contributed by atoms with Crippen LogP contribution >= 0.6 is 0 Å². The lowest BCUT2D eigenvalue weighted by Crippen LogP contribution is -2.19. The Hall–Kier alpha value is -1.35. The van der Waals surface area contributed by atoms with Crippen LogP contribution in [0.5, 0.6) is 0 Å². The molecule has 0 aliphatic heterocycles. The van der Waals surface area contributed by atoms with E-state index in [4.69, 9.17) is 4.74 Å². The number of nitrogens with one attached hydrogen (secondary N) is 1. The molecule has 0 spiro atoms. The largest absolute Gasteiger partial charge is 0.465 e. The number of carbonyl (C=O) groups excluding carboxylic acids is 1. The molecule has 1 aromatic rings. The fraction of sp³-hybridized carbons (Fsp3) is 0.500. The summed E-state index contributed by atoms with van der Waals surface area (Å²) in [4.78, 5) is 11.6. The summed E-state index contributed by atoms with van der Waals surface area (Å²) < 4.78 is 4.77. The Morgan fingerprint density at radius 1 is 1.47 bits per heavy atom. The normalized spacial score (nSPS) is 22.2. The molecule has 2 atom stereocenters. The molecule has 0 aromatic heterocycles. The predicted molar refractivity (Wildman–Crippen MR) is 66.8 cm³/mol. The molecule has 92 valence electrons. The Bertz CT molecular complexity index is 403. The van der Waals surface area contributed by atoms with Crippen LogP contribution in [0, 0.1) is 5.92 Å². The summed E-state index contributed by atoms with van der Waals surface area (Å²) in [6.07, 6.45) is 2.49. The van der Waals surface area contributed by atoms with Gasteiger partial charge in [0.2, 0.25) is 0 Å². The summed E-state index contributed by atoms with van der Waals surface area (Å²) in [5, 5.41) is 3.49. The molecule has 1 fully saturated rings. The van der Waals surface area contributed by atoms with Crippen LogP contribution in [0.3, 0.4) is 0 Å². The van der Waals surface area contributed by atoms with E-state index in [0.717, 1.165) is 18.0 Å². The van der Waals surface area contributed by atoms with Crippen LogP contribution in [0.4, 0.5) is 0 Å². The van der Waals surface area contributed by atoms with Crippen molar-refractivity contribution >= 4 is 5.97 Å². The lowest BCUT2D eigenvalue weighted by atomic mass is 10.1. The van der Waals surface area contributed by atoms with Crippen LogP contribution < -0.4 is 5.32 Å². The first-order valence-electron chi connectivity index (χ1n) is 6.15. The summed E-state index contributed by atoms with van der Waals surface area (Å²) in [5.41, 5.74) is 1.68. The second kappa shape index (κ2) is 5.32. The van der Waals surface area contributed by atoms with Crippen LogP contribution in [0.2, 0.25) is 0 Å². The van der Waals surface area contributed by atoms with Crippen molar-refractivity contribution in [3.63, 3.8) is 0 Å². The molecule has 1 saturated carbocycles. The van der Waals surface area contributed by atoms with E-state index < -0.39 is 0 Å². The van der Waals surface area contributed by atoms with E-state index in [-0.39, 0.29) is 5.97 Å². The summed E-state index contributed by atoms with van der Waals surface area (Å²) in [5.74, 6) is 0.561. The van der Waals surface area contributed by atoms with Crippen molar-refractivity contribution in [2.24, 2.45) is 5.92 Å². The molecule has 0 bridgehead atoms. The van der Waals surface area contributed by atoms with Gasteiger partial charge in [0.1, 0.15) is 0 Å². The first kappa shape index (κ1) is 12.1. The number of benzene rings is 1. The molecular weight excluding hydrogens is 214 g/mol. The number of methoxy groups -OCH3 is 1. The highest BCUT2D eigenvalue weighted by Gasteiger charge is 2.34. The van der Waals surface area contributed by atoms with Gasteiger partial charge in [0.25, 0.3) is 0 Å². The maximum atomic E-state index is 11.6. The van der Waals surface area contributed by atoms with Gasteiger partial charge in [-0.2, -0.15) is 0 Å². The highest BCUT2D eigenvalue weighted by molar-refractivity contribution is 5.90. The number of carbonyl (C=O) groups is 1. The molecule has 3 nitrogen and oxygen atoms in total. The molecular formula is C14H19NO2. The molecule has 2 unspecified atom stereocenters. The van der Waals surface area contributed by atoms with Gasteiger partial charge in [-0.1, -0.05) is 31.5 Å². The zero-order chi connectivity index (χ0) is 12.3. The maximum absolute atomic E-state index is 11.6. The number of ether oxygens (including phenoxy) is 1. The lowest BCUT2D eigenvalue weighted by Gasteiger charge is -2.08. The van der Waals surface area contributed by atoms with Crippen LogP contribution in [-0.2, 0) is 11.3 Å². The Labute approximate surface area is 102 Å². The molecule has 1 N–H and O–H groups in total. The minimum Gasteiger partial charge on any atom is -0.465 e. The maximum Gasteiger partial charge on any atom is 0.338 e. The summed E-state index contributed by atoms with van der Waals surface area (Å²) in [7, 11) is 1.42. The van der Waals surface area contributed by atoms with Crippen molar-refractivity contribution in [2.45, 2.75) is 32.4 Å². The van der Waals surface area contributed by atoms with E-state index in [1.807, 2.05) is 24.3 Å². The topological polar surface area (TPSA) is 38.3 Å². The molecule has 2 rings (SSSR count). The zero-order valence-corrected chi connectivity index (χ0v) is 10.4. The van der Waals surface area contributed by atoms with Gasteiger partial charge in [-0.25, -0.2) is 4.79 Å². The minimum absolute atomic E-state index is 0.259. The van der Waals surface area contributed by atoms with E-state index >= 15 is 0 Å². The molecule has 1 aliphatic rings. The summed E-state index contributed by atoms with van der Waals surface area (Å²) in [6, 6.07) is 8.23. The van der Waals surface area contributed by atoms with E-state index in [9.17, 15) is 4.79 Å². The van der Waals surface area contributed by atoms with Gasteiger partial charge in [0.05, 0.1) is 12.7 Å². The van der Waals surface area contributed by atoms with E-state index in [1.165, 1.54) is 20.0 Å².